The van der Waals surface area contributed by atoms with Gasteiger partial charge in [0.05, 0.1) is 33.7 Å². The third kappa shape index (κ3) is 4.82. The van der Waals surface area contributed by atoms with Crippen LogP contribution in [0.4, 0.5) is 0 Å². The number of esters is 2. The van der Waals surface area contributed by atoms with Gasteiger partial charge in [-0.25, -0.2) is 4.79 Å². The molecule has 9 heteroatoms. The molecule has 2 aliphatic carbocycles. The van der Waals surface area contributed by atoms with Gasteiger partial charge in [0.15, 0.2) is 11.5 Å². The number of halogens is 2. The van der Waals surface area contributed by atoms with E-state index >= 15 is 0 Å². The summed E-state index contributed by atoms with van der Waals surface area (Å²) in [4.78, 5) is 26.9. The molecule has 0 amide bonds. The molecule has 1 aliphatic heterocycles. The van der Waals surface area contributed by atoms with Crippen molar-refractivity contribution < 1.29 is 33.6 Å². The van der Waals surface area contributed by atoms with E-state index in [2.05, 4.69) is 15.9 Å². The van der Waals surface area contributed by atoms with Gasteiger partial charge in [-0.3, -0.25) is 4.79 Å². The van der Waals surface area contributed by atoms with Crippen LogP contribution in [-0.4, -0.2) is 24.2 Å². The maximum Gasteiger partial charge on any atom is 0.346 e. The fraction of sp³-hybridized carbons (Fsp3) is 0.533. The van der Waals surface area contributed by atoms with Gasteiger partial charge in [-0.15, -0.1) is 0 Å². The number of ether oxygens (including phenoxy) is 4. The van der Waals surface area contributed by atoms with Crippen molar-refractivity contribution in [2.24, 2.45) is 23.2 Å². The van der Waals surface area contributed by atoms with Crippen LogP contribution in [0.2, 0.25) is 5.02 Å². The first kappa shape index (κ1) is 28.2. The highest BCUT2D eigenvalue weighted by Crippen LogP contribution is 2.57. The normalized spacial score (nSPS) is 24.3. The third-order valence-electron chi connectivity index (χ3n) is 8.59. The predicted molar refractivity (Wildman–Crippen MR) is 150 cm³/mol. The molecule has 0 saturated heterocycles. The van der Waals surface area contributed by atoms with Crippen LogP contribution in [-0.2, 0) is 16.1 Å². The molecule has 2 aromatic rings. The summed E-state index contributed by atoms with van der Waals surface area (Å²) in [7, 11) is 1.43. The number of aliphatic hydroxyl groups is 1. The van der Waals surface area contributed by atoms with Crippen LogP contribution in [0.15, 0.2) is 16.6 Å². The predicted octanol–water partition coefficient (Wildman–Crippen LogP) is 7.69. The Kier molecular flexibility index (Phi) is 7.68. The SMILES string of the molecule is COc1c([C@@H](O)CC(C)C)ccc2c1C(=O)OCc1c(Cl)c(C)c(Br)c(OC(=O)C3(C)CC4CCC3C4)c1O2. The zero-order valence-corrected chi connectivity index (χ0v) is 25.2. The Morgan fingerprint density at radius 3 is 2.64 bits per heavy atom. The number of cyclic esters (lactones) is 1. The van der Waals surface area contributed by atoms with E-state index in [1.807, 2.05) is 20.8 Å². The summed E-state index contributed by atoms with van der Waals surface area (Å²) in [6, 6.07) is 3.27. The topological polar surface area (TPSA) is 91.3 Å². The molecule has 3 aliphatic rings. The van der Waals surface area contributed by atoms with Crippen molar-refractivity contribution in [2.75, 3.05) is 7.11 Å². The van der Waals surface area contributed by atoms with Crippen molar-refractivity contribution in [1.82, 2.24) is 0 Å². The number of benzene rings is 2. The van der Waals surface area contributed by atoms with Crippen LogP contribution in [0.3, 0.4) is 0 Å². The molecule has 4 atom stereocenters. The molecule has 0 radical (unpaired) electrons. The smallest absolute Gasteiger partial charge is 0.346 e. The average Bonchev–Trinajstić information content (AvgIpc) is 3.48. The number of fused-ring (bicyclic) bond motifs is 4. The lowest BCUT2D eigenvalue weighted by atomic mass is 9.75. The lowest BCUT2D eigenvalue weighted by molar-refractivity contribution is -0.148. The van der Waals surface area contributed by atoms with Crippen molar-refractivity contribution in [3.63, 3.8) is 0 Å². The zero-order chi connectivity index (χ0) is 28.2. The molecule has 210 valence electrons. The van der Waals surface area contributed by atoms with Crippen molar-refractivity contribution in [3.05, 3.63) is 43.9 Å². The van der Waals surface area contributed by atoms with Crippen molar-refractivity contribution >= 4 is 39.5 Å². The van der Waals surface area contributed by atoms with Gasteiger partial charge in [-0.05, 0) is 90.9 Å². The monoisotopic (exact) mass is 620 g/mol. The Balaban J connectivity index is 1.60. The summed E-state index contributed by atoms with van der Waals surface area (Å²) in [5.74, 6) is 0.830. The Labute approximate surface area is 242 Å². The molecule has 1 N–H and O–H groups in total. The second kappa shape index (κ2) is 10.6. The summed E-state index contributed by atoms with van der Waals surface area (Å²) in [6.45, 7) is 7.59. The number of aliphatic hydroxyl groups excluding tert-OH is 1. The average molecular weight is 622 g/mol. The van der Waals surface area contributed by atoms with E-state index in [0.717, 1.165) is 25.7 Å². The van der Waals surface area contributed by atoms with Crippen molar-refractivity contribution in [3.8, 4) is 23.0 Å². The van der Waals surface area contributed by atoms with Crippen LogP contribution in [0.5, 0.6) is 23.0 Å². The molecule has 0 spiro atoms. The highest BCUT2D eigenvalue weighted by molar-refractivity contribution is 9.10. The van der Waals surface area contributed by atoms with Gasteiger partial charge in [0.2, 0.25) is 0 Å². The minimum Gasteiger partial charge on any atom is -0.495 e. The molecular weight excluding hydrogens is 588 g/mol. The molecule has 2 saturated carbocycles. The van der Waals surface area contributed by atoms with Gasteiger partial charge < -0.3 is 24.1 Å². The zero-order valence-electron chi connectivity index (χ0n) is 22.9. The summed E-state index contributed by atoms with van der Waals surface area (Å²) >= 11 is 10.3. The lowest BCUT2D eigenvalue weighted by Gasteiger charge is -2.32. The molecule has 1 heterocycles. The minimum atomic E-state index is -0.846. The minimum absolute atomic E-state index is 0.0496. The van der Waals surface area contributed by atoms with E-state index in [0.29, 0.717) is 44.4 Å². The molecule has 39 heavy (non-hydrogen) atoms. The first-order chi connectivity index (χ1) is 18.5. The van der Waals surface area contributed by atoms with Gasteiger partial charge in [-0.1, -0.05) is 31.9 Å². The van der Waals surface area contributed by atoms with Crippen molar-refractivity contribution in [1.29, 1.82) is 0 Å². The summed E-state index contributed by atoms with van der Waals surface area (Å²) in [5, 5.41) is 11.2. The lowest BCUT2D eigenvalue weighted by Crippen LogP contribution is -2.37. The van der Waals surface area contributed by atoms with E-state index in [9.17, 15) is 14.7 Å². The summed E-state index contributed by atoms with van der Waals surface area (Å²) < 4.78 is 24.3. The maximum atomic E-state index is 13.7. The molecule has 0 aromatic heterocycles. The second-order valence-corrected chi connectivity index (χ2v) is 12.8. The molecular formula is C30H34BrClO7. The molecule has 7 nitrogen and oxygen atoms in total. The number of carbonyl (C=O) groups excluding carboxylic acids is 2. The van der Waals surface area contributed by atoms with Crippen molar-refractivity contribution in [2.45, 2.75) is 72.5 Å². The first-order valence-electron chi connectivity index (χ1n) is 13.4. The largest absolute Gasteiger partial charge is 0.495 e. The fourth-order valence-electron chi connectivity index (χ4n) is 6.46. The van der Waals surface area contributed by atoms with Crippen LogP contribution >= 0.6 is 27.5 Å². The van der Waals surface area contributed by atoms with Gasteiger partial charge in [-0.2, -0.15) is 0 Å². The van der Waals surface area contributed by atoms with E-state index < -0.39 is 17.5 Å². The number of carbonyl (C=O) groups is 2. The van der Waals surface area contributed by atoms with Gasteiger partial charge in [0.25, 0.3) is 0 Å². The number of methoxy groups -OCH3 is 1. The molecule has 5 rings (SSSR count). The molecule has 2 bridgehead atoms. The number of rotatable bonds is 6. The van der Waals surface area contributed by atoms with E-state index in [1.54, 1.807) is 19.1 Å². The Hall–Kier alpha value is -2.29. The second-order valence-electron chi connectivity index (χ2n) is 11.7. The van der Waals surface area contributed by atoms with Crippen LogP contribution in [0.1, 0.15) is 86.0 Å². The first-order valence-corrected chi connectivity index (χ1v) is 14.6. The Morgan fingerprint density at radius 2 is 2.03 bits per heavy atom. The van der Waals surface area contributed by atoms with Gasteiger partial charge in [0.1, 0.15) is 23.7 Å². The molecule has 3 unspecified atom stereocenters. The summed E-state index contributed by atoms with van der Waals surface area (Å²) in [6.07, 6.45) is 3.68. The van der Waals surface area contributed by atoms with E-state index in [1.165, 1.54) is 7.11 Å². The Morgan fingerprint density at radius 1 is 1.28 bits per heavy atom. The highest BCUT2D eigenvalue weighted by atomic mass is 79.9. The maximum absolute atomic E-state index is 13.7. The van der Waals surface area contributed by atoms with Crippen LogP contribution in [0, 0.1) is 30.1 Å². The van der Waals surface area contributed by atoms with Crippen LogP contribution < -0.4 is 14.2 Å². The van der Waals surface area contributed by atoms with E-state index in [-0.39, 0.29) is 47.1 Å². The van der Waals surface area contributed by atoms with Gasteiger partial charge >= 0.3 is 11.9 Å². The number of hydrogen-bond acceptors (Lipinski definition) is 7. The third-order valence-corrected chi connectivity index (χ3v) is 10.1. The molecule has 2 aromatic carbocycles. The van der Waals surface area contributed by atoms with Crippen LogP contribution in [0.25, 0.3) is 0 Å². The van der Waals surface area contributed by atoms with E-state index in [4.69, 9.17) is 30.5 Å². The standard InChI is InChI=1S/C30H34BrClO7/c1-14(2)10-20(33)18-8-9-21-22(25(18)36-5)28(34)37-13-19-24(32)15(3)23(31)27(26(19)38-21)39-29(35)30(4)12-16-6-7-17(30)11-16/h8-9,14,16-17,20,33H,6-7,10-13H2,1-5H3/t16?,17?,20-,30?/m0/s1. The fourth-order valence-corrected chi connectivity index (χ4v) is 7.26. The Bertz CT molecular complexity index is 1340. The molecule has 2 fully saturated rings. The highest BCUT2D eigenvalue weighted by Gasteiger charge is 2.53. The quantitative estimate of drug-likeness (QED) is 0.261. The van der Waals surface area contributed by atoms with Gasteiger partial charge in [0, 0.05) is 5.56 Å². The number of hydrogen-bond donors (Lipinski definition) is 1. The summed E-state index contributed by atoms with van der Waals surface area (Å²) in [5.41, 5.74) is 0.986.